The molecule has 45 heavy (non-hydrogen) atoms. The van der Waals surface area contributed by atoms with Gasteiger partial charge in [-0.05, 0) is 66.4 Å². The number of amides is 1. The number of ether oxygens (including phenoxy) is 2. The van der Waals surface area contributed by atoms with Crippen LogP contribution in [0.5, 0.6) is 11.5 Å². The summed E-state index contributed by atoms with van der Waals surface area (Å²) >= 11 is 7.88. The molecular weight excluding hydrogens is 606 g/mol. The minimum atomic E-state index is -0.583. The van der Waals surface area contributed by atoms with Gasteiger partial charge >= 0.3 is 0 Å². The Balaban J connectivity index is 1.35. The van der Waals surface area contributed by atoms with Crippen LogP contribution in [0.3, 0.4) is 0 Å². The van der Waals surface area contributed by atoms with Crippen molar-refractivity contribution in [3.05, 3.63) is 136 Å². The number of hydrogen-bond donors (Lipinski definition) is 2. The standard InChI is InChI=1S/C35H32ClN5O3S/c1-22-11-4-5-12-25(22)20-44-27-15-10-14-24(19-27)32-31(33(42)38-29-17-8-9-18-30(29)43-3)23(2)37-34-39-35(40-41(32)34)45-21-26-13-6-7-16-28(26)36/h4-19,32H,20-21H2,1-3H3,(H,38,42)(H,37,39,40). The van der Waals surface area contributed by atoms with Crippen LogP contribution in [-0.2, 0) is 17.2 Å². The lowest BCUT2D eigenvalue weighted by Gasteiger charge is -2.29. The number of benzene rings is 4. The van der Waals surface area contributed by atoms with E-state index in [2.05, 4.69) is 29.7 Å². The first-order valence-corrected chi connectivity index (χ1v) is 15.8. The Morgan fingerprint density at radius 1 is 0.978 bits per heavy atom. The summed E-state index contributed by atoms with van der Waals surface area (Å²) in [5, 5.41) is 12.5. The van der Waals surface area contributed by atoms with Crippen molar-refractivity contribution in [2.45, 2.75) is 37.4 Å². The van der Waals surface area contributed by atoms with Crippen LogP contribution in [-0.4, -0.2) is 27.8 Å². The van der Waals surface area contributed by atoms with E-state index in [9.17, 15) is 4.79 Å². The molecule has 5 aromatic rings. The molecule has 0 bridgehead atoms. The topological polar surface area (TPSA) is 90.3 Å². The fourth-order valence-electron chi connectivity index (χ4n) is 5.20. The molecule has 4 aromatic carbocycles. The number of halogens is 1. The molecule has 0 saturated carbocycles. The number of nitrogens with zero attached hydrogens (tertiary/aromatic N) is 3. The predicted octanol–water partition coefficient (Wildman–Crippen LogP) is 8.05. The maximum atomic E-state index is 14.1. The van der Waals surface area contributed by atoms with Gasteiger partial charge in [0.25, 0.3) is 5.91 Å². The van der Waals surface area contributed by atoms with Crippen LogP contribution in [0, 0.1) is 6.92 Å². The summed E-state index contributed by atoms with van der Waals surface area (Å²) in [5.74, 6) is 2.11. The van der Waals surface area contributed by atoms with Crippen molar-refractivity contribution in [3.63, 3.8) is 0 Å². The lowest BCUT2D eigenvalue weighted by Crippen LogP contribution is -2.31. The number of aromatic nitrogens is 3. The first-order chi connectivity index (χ1) is 21.9. The third-order valence-corrected chi connectivity index (χ3v) is 8.83. The molecule has 1 amide bonds. The second-order valence-electron chi connectivity index (χ2n) is 10.6. The van der Waals surface area contributed by atoms with Crippen LogP contribution < -0.4 is 20.1 Å². The second-order valence-corrected chi connectivity index (χ2v) is 11.9. The number of para-hydroxylation sites is 2. The van der Waals surface area contributed by atoms with Crippen molar-refractivity contribution in [3.8, 4) is 11.5 Å². The van der Waals surface area contributed by atoms with Gasteiger partial charge in [-0.3, -0.25) is 4.79 Å². The molecule has 1 aliphatic rings. The molecule has 0 fully saturated rings. The van der Waals surface area contributed by atoms with Crippen LogP contribution in [0.15, 0.2) is 113 Å². The zero-order valence-electron chi connectivity index (χ0n) is 25.1. The third-order valence-electron chi connectivity index (χ3n) is 7.58. The van der Waals surface area contributed by atoms with Crippen molar-refractivity contribution in [1.82, 2.24) is 14.8 Å². The largest absolute Gasteiger partial charge is 0.495 e. The second kappa shape index (κ2) is 13.5. The maximum absolute atomic E-state index is 14.1. The summed E-state index contributed by atoms with van der Waals surface area (Å²) in [6, 6.07) is 30.4. The molecule has 10 heteroatoms. The number of aryl methyl sites for hydroxylation is 1. The normalized spacial score (nSPS) is 14.0. The molecule has 1 aliphatic heterocycles. The van der Waals surface area contributed by atoms with Gasteiger partial charge in [0.2, 0.25) is 11.1 Å². The minimum absolute atomic E-state index is 0.285. The number of allylic oxidation sites excluding steroid dienone is 1. The molecule has 0 aliphatic carbocycles. The Morgan fingerprint density at radius 2 is 1.73 bits per heavy atom. The highest BCUT2D eigenvalue weighted by atomic mass is 35.5. The van der Waals surface area contributed by atoms with Crippen molar-refractivity contribution >= 4 is 40.9 Å². The average Bonchev–Trinajstić information content (AvgIpc) is 3.46. The smallest absolute Gasteiger partial charge is 0.255 e. The van der Waals surface area contributed by atoms with Crippen LogP contribution in [0.4, 0.5) is 11.6 Å². The number of hydrogen-bond acceptors (Lipinski definition) is 7. The molecule has 1 atom stereocenters. The average molecular weight is 638 g/mol. The number of fused-ring (bicyclic) bond motifs is 1. The zero-order valence-corrected chi connectivity index (χ0v) is 26.7. The Kier molecular flexibility index (Phi) is 9.09. The highest BCUT2D eigenvalue weighted by Crippen LogP contribution is 2.39. The molecule has 2 N–H and O–H groups in total. The molecule has 2 heterocycles. The van der Waals surface area contributed by atoms with Crippen molar-refractivity contribution in [2.75, 3.05) is 17.7 Å². The lowest BCUT2D eigenvalue weighted by atomic mass is 9.94. The minimum Gasteiger partial charge on any atom is -0.495 e. The molecule has 8 nitrogen and oxygen atoms in total. The Labute approximate surface area is 271 Å². The van der Waals surface area contributed by atoms with Gasteiger partial charge in [-0.1, -0.05) is 90.1 Å². The fraction of sp³-hybridized carbons (Fsp3) is 0.171. The summed E-state index contributed by atoms with van der Waals surface area (Å²) in [5.41, 5.74) is 5.83. The Hall–Kier alpha value is -4.73. The summed E-state index contributed by atoms with van der Waals surface area (Å²) in [4.78, 5) is 18.8. The zero-order chi connectivity index (χ0) is 31.3. The van der Waals surface area contributed by atoms with Gasteiger partial charge in [-0.15, -0.1) is 5.10 Å². The van der Waals surface area contributed by atoms with E-state index in [-0.39, 0.29) is 5.91 Å². The van der Waals surface area contributed by atoms with Crippen LogP contribution in [0.25, 0.3) is 0 Å². The van der Waals surface area contributed by atoms with Gasteiger partial charge in [0, 0.05) is 16.5 Å². The number of carbonyl (C=O) groups is 1. The van der Waals surface area contributed by atoms with Crippen molar-refractivity contribution in [1.29, 1.82) is 0 Å². The van der Waals surface area contributed by atoms with Crippen LogP contribution in [0.1, 0.15) is 35.2 Å². The maximum Gasteiger partial charge on any atom is 0.255 e. The van der Waals surface area contributed by atoms with Crippen molar-refractivity contribution < 1.29 is 14.3 Å². The predicted molar refractivity (Wildman–Crippen MR) is 179 cm³/mol. The van der Waals surface area contributed by atoms with Gasteiger partial charge < -0.3 is 20.1 Å². The van der Waals surface area contributed by atoms with Crippen LogP contribution in [0.2, 0.25) is 5.02 Å². The number of methoxy groups -OCH3 is 1. The van der Waals surface area contributed by atoms with Gasteiger partial charge in [0.15, 0.2) is 0 Å². The monoisotopic (exact) mass is 637 g/mol. The summed E-state index contributed by atoms with van der Waals surface area (Å²) in [7, 11) is 1.58. The molecule has 1 aromatic heterocycles. The van der Waals surface area contributed by atoms with E-state index < -0.39 is 6.04 Å². The molecule has 0 radical (unpaired) electrons. The van der Waals surface area contributed by atoms with E-state index in [1.54, 1.807) is 17.9 Å². The third kappa shape index (κ3) is 6.69. The van der Waals surface area contributed by atoms with E-state index in [0.29, 0.717) is 56.9 Å². The SMILES string of the molecule is COc1ccccc1NC(=O)C1=C(C)Nc2nc(SCc3ccccc3Cl)nn2C1c1cccc(OCc2ccccc2C)c1. The fourth-order valence-corrected chi connectivity index (χ4v) is 6.31. The molecule has 0 spiro atoms. The van der Waals surface area contributed by atoms with E-state index in [1.165, 1.54) is 11.8 Å². The molecule has 6 rings (SSSR count). The van der Waals surface area contributed by atoms with Gasteiger partial charge in [0.05, 0.1) is 18.4 Å². The first-order valence-electron chi connectivity index (χ1n) is 14.4. The van der Waals surface area contributed by atoms with Crippen molar-refractivity contribution in [2.24, 2.45) is 0 Å². The molecule has 1 unspecified atom stereocenters. The quantitative estimate of drug-likeness (QED) is 0.150. The number of nitrogens with one attached hydrogen (secondary N) is 2. The van der Waals surface area contributed by atoms with Crippen LogP contribution >= 0.6 is 23.4 Å². The van der Waals surface area contributed by atoms with E-state index in [0.717, 1.165) is 22.3 Å². The number of rotatable bonds is 10. The molecule has 228 valence electrons. The van der Waals surface area contributed by atoms with E-state index in [4.69, 9.17) is 31.2 Å². The number of anilines is 2. The Bertz CT molecular complexity index is 1890. The number of carbonyl (C=O) groups excluding carboxylic acids is 1. The summed E-state index contributed by atoms with van der Waals surface area (Å²) < 4.78 is 13.5. The molecular formula is C35H32ClN5O3S. The van der Waals surface area contributed by atoms with Gasteiger partial charge in [0.1, 0.15) is 24.1 Å². The summed E-state index contributed by atoms with van der Waals surface area (Å²) in [6.45, 7) is 4.37. The summed E-state index contributed by atoms with van der Waals surface area (Å²) in [6.07, 6.45) is 0. The number of thioether (sulfide) groups is 1. The first kappa shape index (κ1) is 30.3. The van der Waals surface area contributed by atoms with E-state index >= 15 is 0 Å². The molecule has 0 saturated heterocycles. The lowest BCUT2D eigenvalue weighted by molar-refractivity contribution is -0.113. The highest BCUT2D eigenvalue weighted by molar-refractivity contribution is 7.98. The Morgan fingerprint density at radius 3 is 2.53 bits per heavy atom. The van der Waals surface area contributed by atoms with Gasteiger partial charge in [-0.25, -0.2) is 4.68 Å². The van der Waals surface area contributed by atoms with E-state index in [1.807, 2.05) is 85.8 Å². The highest BCUT2D eigenvalue weighted by Gasteiger charge is 2.35. The van der Waals surface area contributed by atoms with Gasteiger partial charge in [-0.2, -0.15) is 4.98 Å².